The van der Waals surface area contributed by atoms with E-state index in [0.717, 1.165) is 0 Å². The topological polar surface area (TPSA) is 136 Å². The van der Waals surface area contributed by atoms with E-state index in [1.165, 1.54) is 6.20 Å². The predicted octanol–water partition coefficient (Wildman–Crippen LogP) is 4.00. The van der Waals surface area contributed by atoms with Gasteiger partial charge < -0.3 is 19.2 Å². The summed E-state index contributed by atoms with van der Waals surface area (Å²) in [5.74, 6) is -1.56. The second-order valence-electron chi connectivity index (χ2n) is 9.23. The maximum atomic E-state index is 12.7. The van der Waals surface area contributed by atoms with Crippen LogP contribution in [0.2, 0.25) is 0 Å². The van der Waals surface area contributed by atoms with Gasteiger partial charge in [0.05, 0.1) is 18.5 Å². The van der Waals surface area contributed by atoms with Crippen molar-refractivity contribution in [1.82, 2.24) is 20.5 Å². The average Bonchev–Trinajstić information content (AvgIpc) is 3.46. The predicted molar refractivity (Wildman–Crippen MR) is 127 cm³/mol. The number of rotatable bonds is 8. The molecule has 0 saturated carbocycles. The molecule has 0 bridgehead atoms. The maximum absolute atomic E-state index is 12.7. The van der Waals surface area contributed by atoms with Crippen molar-refractivity contribution in [3.05, 3.63) is 48.0 Å². The molecule has 0 saturated heterocycles. The van der Waals surface area contributed by atoms with Gasteiger partial charge in [-0.2, -0.15) is 5.10 Å². The lowest BCUT2D eigenvalue weighted by atomic mass is 10.0. The van der Waals surface area contributed by atoms with Crippen molar-refractivity contribution >= 4 is 17.8 Å². The number of hydrogen-bond acceptors (Lipinski definition) is 8. The Morgan fingerprint density at radius 1 is 1.14 bits per heavy atom. The zero-order valence-corrected chi connectivity index (χ0v) is 20.7. The quantitative estimate of drug-likeness (QED) is 0.460. The molecule has 0 aliphatic carbocycles. The molecule has 10 heteroatoms. The highest BCUT2D eigenvalue weighted by Gasteiger charge is 2.27. The number of oxazole rings is 1. The van der Waals surface area contributed by atoms with E-state index in [1.807, 2.05) is 19.9 Å². The Morgan fingerprint density at radius 3 is 2.51 bits per heavy atom. The molecule has 186 valence electrons. The van der Waals surface area contributed by atoms with Gasteiger partial charge in [-0.15, -0.1) is 0 Å². The normalized spacial score (nSPS) is 12.3. The van der Waals surface area contributed by atoms with Gasteiger partial charge in [0.25, 0.3) is 5.91 Å². The summed E-state index contributed by atoms with van der Waals surface area (Å²) in [5.41, 5.74) is 1.46. The Bertz CT molecular complexity index is 1200. The van der Waals surface area contributed by atoms with Gasteiger partial charge in [0.2, 0.25) is 11.7 Å². The Hall–Kier alpha value is -3.95. The van der Waals surface area contributed by atoms with Crippen LogP contribution in [0.1, 0.15) is 62.6 Å². The number of carbonyl (C=O) groups excluding carboxylic acids is 3. The fourth-order valence-electron chi connectivity index (χ4n) is 3.17. The zero-order chi connectivity index (χ0) is 25.8. The largest absolute Gasteiger partial charge is 0.464 e. The van der Waals surface area contributed by atoms with Crippen LogP contribution in [-0.4, -0.2) is 51.3 Å². The van der Waals surface area contributed by atoms with E-state index in [9.17, 15) is 14.4 Å². The summed E-state index contributed by atoms with van der Waals surface area (Å²) in [7, 11) is 0. The SMILES string of the molecule is CCOC(=O)C(NC(=O)c1cnc(-c2cccc(-c3cc(C(=O)OC(C)(C)C)[nH]n3)c2)o1)C(C)C. The van der Waals surface area contributed by atoms with Crippen LogP contribution in [0.3, 0.4) is 0 Å². The molecule has 0 aliphatic heterocycles. The van der Waals surface area contributed by atoms with Crippen LogP contribution in [0.5, 0.6) is 0 Å². The highest BCUT2D eigenvalue weighted by atomic mass is 16.6. The number of H-pyrrole nitrogens is 1. The van der Waals surface area contributed by atoms with Crippen molar-refractivity contribution < 1.29 is 28.3 Å². The number of benzene rings is 1. The second kappa shape index (κ2) is 10.5. The second-order valence-corrected chi connectivity index (χ2v) is 9.23. The van der Waals surface area contributed by atoms with Crippen molar-refractivity contribution in [2.45, 2.75) is 53.2 Å². The lowest BCUT2D eigenvalue weighted by molar-refractivity contribution is -0.146. The molecule has 2 N–H and O–H groups in total. The van der Waals surface area contributed by atoms with Crippen molar-refractivity contribution in [2.24, 2.45) is 5.92 Å². The lowest BCUT2D eigenvalue weighted by Crippen LogP contribution is -2.45. The third-order valence-corrected chi connectivity index (χ3v) is 4.83. The summed E-state index contributed by atoms with van der Waals surface area (Å²) in [5, 5.41) is 9.54. The minimum atomic E-state index is -0.807. The van der Waals surface area contributed by atoms with Crippen molar-refractivity contribution in [1.29, 1.82) is 0 Å². The first-order valence-corrected chi connectivity index (χ1v) is 11.3. The van der Waals surface area contributed by atoms with Gasteiger partial charge in [-0.05, 0) is 51.8 Å². The Morgan fingerprint density at radius 2 is 1.86 bits per heavy atom. The summed E-state index contributed by atoms with van der Waals surface area (Å²) < 4.78 is 16.1. The molecule has 0 fully saturated rings. The van der Waals surface area contributed by atoms with E-state index in [1.54, 1.807) is 52.0 Å². The molecule has 3 rings (SSSR count). The Kier molecular flexibility index (Phi) is 7.73. The molecular weight excluding hydrogens is 452 g/mol. The van der Waals surface area contributed by atoms with Crippen LogP contribution in [-0.2, 0) is 14.3 Å². The molecule has 0 spiro atoms. The summed E-state index contributed by atoms with van der Waals surface area (Å²) in [6.07, 6.45) is 1.30. The maximum Gasteiger partial charge on any atom is 0.356 e. The minimum Gasteiger partial charge on any atom is -0.464 e. The van der Waals surface area contributed by atoms with Crippen LogP contribution < -0.4 is 5.32 Å². The van der Waals surface area contributed by atoms with Gasteiger partial charge in [-0.3, -0.25) is 9.89 Å². The summed E-state index contributed by atoms with van der Waals surface area (Å²) in [6.45, 7) is 10.9. The van der Waals surface area contributed by atoms with E-state index in [-0.39, 0.29) is 29.9 Å². The van der Waals surface area contributed by atoms with Gasteiger partial charge in [0.1, 0.15) is 17.3 Å². The number of hydrogen-bond donors (Lipinski definition) is 2. The summed E-state index contributed by atoms with van der Waals surface area (Å²) >= 11 is 0. The van der Waals surface area contributed by atoms with Gasteiger partial charge in [0.15, 0.2) is 0 Å². The number of esters is 2. The van der Waals surface area contributed by atoms with Gasteiger partial charge in [0, 0.05) is 11.1 Å². The lowest BCUT2D eigenvalue weighted by Gasteiger charge is -2.19. The molecule has 35 heavy (non-hydrogen) atoms. The molecule has 0 aliphatic rings. The molecule has 0 radical (unpaired) electrons. The van der Waals surface area contributed by atoms with Gasteiger partial charge in [-0.25, -0.2) is 14.6 Å². The van der Waals surface area contributed by atoms with Crippen molar-refractivity contribution in [3.63, 3.8) is 0 Å². The van der Waals surface area contributed by atoms with Crippen molar-refractivity contribution in [3.8, 4) is 22.7 Å². The third kappa shape index (κ3) is 6.56. The fraction of sp³-hybridized carbons (Fsp3) is 0.400. The van der Waals surface area contributed by atoms with Gasteiger partial charge in [-0.1, -0.05) is 26.0 Å². The average molecular weight is 483 g/mol. The Labute approximate surface area is 203 Å². The van der Waals surface area contributed by atoms with Gasteiger partial charge >= 0.3 is 11.9 Å². The van der Waals surface area contributed by atoms with Crippen molar-refractivity contribution in [2.75, 3.05) is 6.61 Å². The minimum absolute atomic E-state index is 0.0349. The number of aromatic amines is 1. The zero-order valence-electron chi connectivity index (χ0n) is 20.7. The van der Waals surface area contributed by atoms with E-state index < -0.39 is 29.5 Å². The first kappa shape index (κ1) is 25.7. The third-order valence-electron chi connectivity index (χ3n) is 4.83. The number of nitrogens with zero attached hydrogens (tertiary/aromatic N) is 2. The molecule has 1 unspecified atom stereocenters. The first-order chi connectivity index (χ1) is 16.5. The van der Waals surface area contributed by atoms with Crippen LogP contribution in [0.15, 0.2) is 40.9 Å². The first-order valence-electron chi connectivity index (χ1n) is 11.3. The number of carbonyl (C=O) groups is 3. The molecule has 1 amide bonds. The van der Waals surface area contributed by atoms with Crippen LogP contribution in [0, 0.1) is 5.92 Å². The number of nitrogens with one attached hydrogen (secondary N) is 2. The molecule has 2 heterocycles. The highest BCUT2D eigenvalue weighted by Crippen LogP contribution is 2.26. The van der Waals surface area contributed by atoms with Crippen LogP contribution in [0.25, 0.3) is 22.7 Å². The molecule has 3 aromatic rings. The summed E-state index contributed by atoms with van der Waals surface area (Å²) in [4.78, 5) is 41.3. The molecule has 10 nitrogen and oxygen atoms in total. The number of amides is 1. The molecular formula is C25H30N4O6. The molecule has 1 aromatic carbocycles. The smallest absolute Gasteiger partial charge is 0.356 e. The molecule has 2 aromatic heterocycles. The van der Waals surface area contributed by atoms with E-state index in [4.69, 9.17) is 13.9 Å². The van der Waals surface area contributed by atoms with Crippen LogP contribution >= 0.6 is 0 Å². The fourth-order valence-corrected chi connectivity index (χ4v) is 3.17. The molecule has 1 atom stereocenters. The monoisotopic (exact) mass is 482 g/mol. The Balaban J connectivity index is 1.77. The number of ether oxygens (including phenoxy) is 2. The highest BCUT2D eigenvalue weighted by molar-refractivity contribution is 5.94. The van der Waals surface area contributed by atoms with E-state index >= 15 is 0 Å². The van der Waals surface area contributed by atoms with Crippen LogP contribution in [0.4, 0.5) is 0 Å². The number of aromatic nitrogens is 3. The van der Waals surface area contributed by atoms with E-state index in [2.05, 4.69) is 20.5 Å². The van der Waals surface area contributed by atoms with E-state index in [0.29, 0.717) is 16.8 Å². The standard InChI is InChI=1S/C25H30N4O6/c1-7-33-24(32)20(14(2)3)27-21(30)19-13-26-22(34-19)16-10-8-9-15(11-16)17-12-18(29-28-17)23(31)35-25(4,5)6/h8-14,20H,7H2,1-6H3,(H,27,30)(H,28,29). The summed E-state index contributed by atoms with van der Waals surface area (Å²) in [6, 6.07) is 7.95.